The lowest BCUT2D eigenvalue weighted by molar-refractivity contribution is 0.322. The molecule has 0 aromatic carbocycles. The van der Waals surface area contributed by atoms with Gasteiger partial charge in [-0.3, -0.25) is 15.0 Å². The molecule has 2 unspecified atom stereocenters. The molecule has 2 aliphatic rings. The molecule has 1 aromatic rings. The van der Waals surface area contributed by atoms with Gasteiger partial charge in [0.2, 0.25) is 0 Å². The van der Waals surface area contributed by atoms with E-state index in [0.717, 1.165) is 37.6 Å². The maximum Gasteiger partial charge on any atom is 0.112 e. The first-order valence-corrected chi connectivity index (χ1v) is 9.00. The Morgan fingerprint density at radius 2 is 1.21 bits per heavy atom. The van der Waals surface area contributed by atoms with Crippen LogP contribution < -0.4 is 0 Å². The quantitative estimate of drug-likeness (QED) is 0.737. The van der Waals surface area contributed by atoms with Gasteiger partial charge < -0.3 is 0 Å². The van der Waals surface area contributed by atoms with E-state index >= 15 is 0 Å². The van der Waals surface area contributed by atoms with Crippen LogP contribution in [0, 0.1) is 0 Å². The molecule has 3 rings (SSSR count). The Hall–Kier alpha value is -2.05. The molecule has 2 saturated heterocycles. The maximum absolute atomic E-state index is 4.72. The van der Waals surface area contributed by atoms with Crippen molar-refractivity contribution in [2.24, 2.45) is 20.7 Å². The highest BCUT2D eigenvalue weighted by Gasteiger charge is 2.14. The molecule has 2 atom stereocenters. The summed E-state index contributed by atoms with van der Waals surface area (Å²) in [5.41, 5.74) is 1.86. The van der Waals surface area contributed by atoms with Crippen LogP contribution in [0.4, 0.5) is 0 Å². The molecule has 0 bridgehead atoms. The second kappa shape index (κ2) is 8.17. The van der Waals surface area contributed by atoms with E-state index in [1.165, 1.54) is 25.7 Å². The first kappa shape index (κ1) is 16.8. The van der Waals surface area contributed by atoms with Crippen LogP contribution in [0.1, 0.15) is 63.0 Å². The van der Waals surface area contributed by atoms with Crippen LogP contribution in [0.25, 0.3) is 0 Å². The Morgan fingerprint density at radius 1 is 0.792 bits per heavy atom. The third-order valence-corrected chi connectivity index (χ3v) is 4.52. The second-order valence-electron chi connectivity index (χ2n) is 6.57. The molecule has 2 fully saturated rings. The van der Waals surface area contributed by atoms with Crippen LogP contribution >= 0.6 is 0 Å². The van der Waals surface area contributed by atoms with E-state index in [1.54, 1.807) is 0 Å². The Morgan fingerprint density at radius 3 is 1.62 bits per heavy atom. The summed E-state index contributed by atoms with van der Waals surface area (Å²) in [5, 5.41) is 21.6. The number of hydrogen-bond acceptors (Lipinski definition) is 5. The molecule has 0 aliphatic carbocycles. The van der Waals surface area contributed by atoms with Gasteiger partial charge in [-0.1, -0.05) is 16.5 Å². The SMILES string of the molecule is CC(N=NN1CCCC1)c1cccc(C(C)N=NN2CCCC2)n1. The van der Waals surface area contributed by atoms with Gasteiger partial charge in [-0.25, -0.2) is 0 Å². The molecule has 0 radical (unpaired) electrons. The van der Waals surface area contributed by atoms with Crippen LogP contribution in [0.3, 0.4) is 0 Å². The first-order chi connectivity index (χ1) is 11.7. The number of nitrogens with zero attached hydrogens (tertiary/aromatic N) is 7. The van der Waals surface area contributed by atoms with Crippen LogP contribution in [0.5, 0.6) is 0 Å². The second-order valence-corrected chi connectivity index (χ2v) is 6.57. The van der Waals surface area contributed by atoms with Gasteiger partial charge in [0.25, 0.3) is 0 Å². The Labute approximate surface area is 143 Å². The zero-order valence-electron chi connectivity index (χ0n) is 14.7. The average molecular weight is 329 g/mol. The number of aromatic nitrogens is 1. The average Bonchev–Trinajstić information content (AvgIpc) is 3.31. The Kier molecular flexibility index (Phi) is 5.72. The van der Waals surface area contributed by atoms with Crippen molar-refractivity contribution < 1.29 is 0 Å². The predicted octanol–water partition coefficient (Wildman–Crippen LogP) is 4.13. The van der Waals surface area contributed by atoms with E-state index in [-0.39, 0.29) is 12.1 Å². The van der Waals surface area contributed by atoms with Crippen molar-refractivity contribution >= 4 is 0 Å². The molecule has 1 aromatic heterocycles. The third kappa shape index (κ3) is 4.49. The molecule has 0 amide bonds. The summed E-state index contributed by atoms with van der Waals surface area (Å²) >= 11 is 0. The number of hydrogen-bond donors (Lipinski definition) is 0. The molecular formula is C17H27N7. The van der Waals surface area contributed by atoms with E-state index in [2.05, 4.69) is 20.7 Å². The number of rotatable bonds is 6. The largest absolute Gasteiger partial charge is 0.279 e. The van der Waals surface area contributed by atoms with Crippen molar-refractivity contribution in [3.8, 4) is 0 Å². The monoisotopic (exact) mass is 329 g/mol. The van der Waals surface area contributed by atoms with E-state index in [1.807, 2.05) is 42.1 Å². The van der Waals surface area contributed by atoms with Crippen molar-refractivity contribution in [1.29, 1.82) is 0 Å². The lowest BCUT2D eigenvalue weighted by Crippen LogP contribution is -2.11. The zero-order chi connectivity index (χ0) is 16.8. The Balaban J connectivity index is 1.61. The fourth-order valence-electron chi connectivity index (χ4n) is 2.93. The molecule has 0 saturated carbocycles. The van der Waals surface area contributed by atoms with Gasteiger partial charge in [-0.05, 0) is 51.7 Å². The van der Waals surface area contributed by atoms with Gasteiger partial charge in [0.1, 0.15) is 12.1 Å². The topological polar surface area (TPSA) is 68.8 Å². The van der Waals surface area contributed by atoms with Crippen LogP contribution in [-0.4, -0.2) is 41.2 Å². The van der Waals surface area contributed by atoms with Gasteiger partial charge in [-0.2, -0.15) is 10.2 Å². The molecule has 0 N–H and O–H groups in total. The van der Waals surface area contributed by atoms with Crippen molar-refractivity contribution in [2.45, 2.75) is 51.6 Å². The number of pyridine rings is 1. The van der Waals surface area contributed by atoms with Crippen molar-refractivity contribution in [3.63, 3.8) is 0 Å². The first-order valence-electron chi connectivity index (χ1n) is 9.00. The van der Waals surface area contributed by atoms with Crippen LogP contribution in [0.15, 0.2) is 38.9 Å². The van der Waals surface area contributed by atoms with Crippen LogP contribution in [-0.2, 0) is 0 Å². The summed E-state index contributed by atoms with van der Waals surface area (Å²) in [6.07, 6.45) is 4.84. The van der Waals surface area contributed by atoms with Crippen LogP contribution in [0.2, 0.25) is 0 Å². The van der Waals surface area contributed by atoms with E-state index < -0.39 is 0 Å². The molecule has 130 valence electrons. The summed E-state index contributed by atoms with van der Waals surface area (Å²) in [7, 11) is 0. The van der Waals surface area contributed by atoms with E-state index in [4.69, 9.17) is 4.98 Å². The van der Waals surface area contributed by atoms with E-state index in [9.17, 15) is 0 Å². The van der Waals surface area contributed by atoms with Crippen molar-refractivity contribution in [1.82, 2.24) is 15.0 Å². The minimum atomic E-state index is -0.0479. The summed E-state index contributed by atoms with van der Waals surface area (Å²) in [4.78, 5) is 4.72. The van der Waals surface area contributed by atoms with Crippen molar-refractivity contribution in [3.05, 3.63) is 29.6 Å². The standard InChI is InChI=1S/C17H27N7/c1-14(19-21-23-10-3-4-11-23)16-8-7-9-17(18-16)15(2)20-22-24-12-5-6-13-24/h7-9,14-15H,3-6,10-13H2,1-2H3. The minimum Gasteiger partial charge on any atom is -0.279 e. The maximum atomic E-state index is 4.72. The molecule has 7 nitrogen and oxygen atoms in total. The Bertz CT molecular complexity index is 527. The summed E-state index contributed by atoms with van der Waals surface area (Å²) in [6.45, 7) is 8.11. The lowest BCUT2D eigenvalue weighted by atomic mass is 10.1. The molecular weight excluding hydrogens is 302 g/mol. The molecule has 2 aliphatic heterocycles. The van der Waals surface area contributed by atoms with Crippen molar-refractivity contribution in [2.75, 3.05) is 26.2 Å². The fraction of sp³-hybridized carbons (Fsp3) is 0.706. The van der Waals surface area contributed by atoms with Gasteiger partial charge in [0.15, 0.2) is 0 Å². The molecule has 3 heterocycles. The lowest BCUT2D eigenvalue weighted by Gasteiger charge is -2.12. The smallest absolute Gasteiger partial charge is 0.112 e. The van der Waals surface area contributed by atoms with Gasteiger partial charge in [0, 0.05) is 26.2 Å². The minimum absolute atomic E-state index is 0.0479. The summed E-state index contributed by atoms with van der Waals surface area (Å²) < 4.78 is 0. The normalized spacial score (nSPS) is 21.2. The molecule has 7 heteroatoms. The highest BCUT2D eigenvalue weighted by atomic mass is 15.6. The summed E-state index contributed by atoms with van der Waals surface area (Å²) in [5.74, 6) is 0. The third-order valence-electron chi connectivity index (χ3n) is 4.52. The fourth-order valence-corrected chi connectivity index (χ4v) is 2.93. The highest BCUT2D eigenvalue weighted by molar-refractivity contribution is 5.16. The molecule has 24 heavy (non-hydrogen) atoms. The highest BCUT2D eigenvalue weighted by Crippen LogP contribution is 2.21. The predicted molar refractivity (Wildman–Crippen MR) is 92.4 cm³/mol. The van der Waals surface area contributed by atoms with Gasteiger partial charge in [0.05, 0.1) is 11.4 Å². The van der Waals surface area contributed by atoms with Gasteiger partial charge in [-0.15, -0.1) is 0 Å². The van der Waals surface area contributed by atoms with E-state index in [0.29, 0.717) is 0 Å². The summed E-state index contributed by atoms with van der Waals surface area (Å²) in [6, 6.07) is 5.92. The zero-order valence-corrected chi connectivity index (χ0v) is 14.7. The van der Waals surface area contributed by atoms with Gasteiger partial charge >= 0.3 is 0 Å². The molecule has 0 spiro atoms.